The summed E-state index contributed by atoms with van der Waals surface area (Å²) in [6.45, 7) is 0.294. The van der Waals surface area contributed by atoms with Gasteiger partial charge in [-0.15, -0.1) is 0 Å². The minimum absolute atomic E-state index is 0.0841. The fraction of sp³-hybridized carbons (Fsp3) is 0.278. The van der Waals surface area contributed by atoms with Crippen LogP contribution in [-0.4, -0.2) is 27.2 Å². The number of pyridine rings is 1. The lowest BCUT2D eigenvalue weighted by Gasteiger charge is -2.20. The SMILES string of the molecule is O=C1NCc2c(Oc3ccc(O)c(C4C5CC54C(=O)O)c3)ccnc2N1. The molecule has 3 unspecified atom stereocenters. The summed E-state index contributed by atoms with van der Waals surface area (Å²) in [7, 11) is 0. The van der Waals surface area contributed by atoms with Crippen LogP contribution in [0.2, 0.25) is 0 Å². The molecule has 0 spiro atoms. The fourth-order valence-electron chi connectivity index (χ4n) is 3.92. The highest BCUT2D eigenvalue weighted by molar-refractivity contribution is 5.91. The lowest BCUT2D eigenvalue weighted by molar-refractivity contribution is -0.141. The molecule has 3 aliphatic rings. The van der Waals surface area contributed by atoms with Gasteiger partial charge in [-0.05, 0) is 36.6 Å². The van der Waals surface area contributed by atoms with Crippen LogP contribution in [0.25, 0.3) is 0 Å². The second-order valence-electron chi connectivity index (χ2n) is 6.90. The number of nitrogens with zero attached hydrogens (tertiary/aromatic N) is 1. The van der Waals surface area contributed by atoms with Gasteiger partial charge in [-0.3, -0.25) is 10.1 Å². The number of carboxylic acid groups (broad SMARTS) is 1. The average Bonchev–Trinajstić information content (AvgIpc) is 3.47. The smallest absolute Gasteiger partial charge is 0.320 e. The third-order valence-electron chi connectivity index (χ3n) is 5.54. The normalized spacial score (nSPS) is 27.5. The molecule has 2 aromatic rings. The van der Waals surface area contributed by atoms with Gasteiger partial charge in [0.1, 0.15) is 23.1 Å². The number of amides is 2. The van der Waals surface area contributed by atoms with Crippen molar-refractivity contribution >= 4 is 17.8 Å². The van der Waals surface area contributed by atoms with E-state index in [9.17, 15) is 19.8 Å². The molecular formula is C18H15N3O5. The number of phenols is 1. The predicted octanol–water partition coefficient (Wildman–Crippen LogP) is 2.40. The van der Waals surface area contributed by atoms with Crippen molar-refractivity contribution in [2.75, 3.05) is 5.32 Å². The zero-order valence-electron chi connectivity index (χ0n) is 13.5. The molecule has 0 bridgehead atoms. The van der Waals surface area contributed by atoms with Crippen molar-refractivity contribution < 1.29 is 24.5 Å². The molecule has 0 radical (unpaired) electrons. The minimum Gasteiger partial charge on any atom is -0.508 e. The van der Waals surface area contributed by atoms with Crippen molar-refractivity contribution in [2.45, 2.75) is 18.9 Å². The molecule has 2 heterocycles. The van der Waals surface area contributed by atoms with Gasteiger partial charge in [-0.2, -0.15) is 0 Å². The van der Waals surface area contributed by atoms with Gasteiger partial charge < -0.3 is 20.3 Å². The second-order valence-corrected chi connectivity index (χ2v) is 6.90. The van der Waals surface area contributed by atoms with Gasteiger partial charge in [0.2, 0.25) is 0 Å². The van der Waals surface area contributed by atoms with Gasteiger partial charge in [-0.25, -0.2) is 9.78 Å². The third kappa shape index (κ3) is 1.98. The molecule has 132 valence electrons. The number of carboxylic acids is 1. The molecular weight excluding hydrogens is 338 g/mol. The monoisotopic (exact) mass is 353 g/mol. The van der Waals surface area contributed by atoms with E-state index in [4.69, 9.17) is 4.74 Å². The van der Waals surface area contributed by atoms with Crippen molar-refractivity contribution in [3.63, 3.8) is 0 Å². The summed E-state index contributed by atoms with van der Waals surface area (Å²) in [4.78, 5) is 27.0. The van der Waals surface area contributed by atoms with Crippen LogP contribution in [0.4, 0.5) is 10.6 Å². The van der Waals surface area contributed by atoms with Crippen LogP contribution < -0.4 is 15.4 Å². The molecule has 26 heavy (non-hydrogen) atoms. The number of hydrogen-bond acceptors (Lipinski definition) is 5. The van der Waals surface area contributed by atoms with E-state index < -0.39 is 11.4 Å². The summed E-state index contributed by atoms with van der Waals surface area (Å²) >= 11 is 0. The maximum absolute atomic E-state index is 11.4. The van der Waals surface area contributed by atoms with Crippen molar-refractivity contribution in [3.05, 3.63) is 41.6 Å². The van der Waals surface area contributed by atoms with Crippen LogP contribution in [0.15, 0.2) is 30.5 Å². The van der Waals surface area contributed by atoms with Gasteiger partial charge in [0, 0.05) is 17.7 Å². The Morgan fingerprint density at radius 2 is 2.19 bits per heavy atom. The molecule has 2 saturated carbocycles. The number of phenolic OH excluding ortho intramolecular Hbond substituents is 1. The highest BCUT2D eigenvalue weighted by Gasteiger charge is 2.84. The molecule has 1 aromatic carbocycles. The first-order valence-corrected chi connectivity index (χ1v) is 8.27. The van der Waals surface area contributed by atoms with E-state index in [1.807, 2.05) is 0 Å². The van der Waals surface area contributed by atoms with E-state index in [-0.39, 0.29) is 23.6 Å². The van der Waals surface area contributed by atoms with Crippen LogP contribution in [0.1, 0.15) is 23.5 Å². The highest BCUT2D eigenvalue weighted by atomic mass is 16.5. The van der Waals surface area contributed by atoms with E-state index in [0.29, 0.717) is 35.8 Å². The van der Waals surface area contributed by atoms with Gasteiger partial charge in [0.25, 0.3) is 0 Å². The summed E-state index contributed by atoms with van der Waals surface area (Å²) in [5.74, 6) is 0.704. The number of aromatic hydroxyl groups is 1. The maximum atomic E-state index is 11.4. The summed E-state index contributed by atoms with van der Waals surface area (Å²) in [5.41, 5.74) is 0.633. The molecule has 2 aliphatic carbocycles. The number of hydrogen-bond donors (Lipinski definition) is 4. The van der Waals surface area contributed by atoms with Crippen LogP contribution in [0, 0.1) is 11.3 Å². The molecule has 2 fully saturated rings. The maximum Gasteiger partial charge on any atom is 0.320 e. The predicted molar refractivity (Wildman–Crippen MR) is 89.2 cm³/mol. The zero-order chi connectivity index (χ0) is 18.1. The Kier molecular flexibility index (Phi) is 2.81. The van der Waals surface area contributed by atoms with E-state index in [1.165, 1.54) is 12.3 Å². The summed E-state index contributed by atoms with van der Waals surface area (Å²) in [5, 5.41) is 24.8. The van der Waals surface area contributed by atoms with Crippen molar-refractivity contribution in [2.24, 2.45) is 11.3 Å². The largest absolute Gasteiger partial charge is 0.508 e. The number of anilines is 1. The fourth-order valence-corrected chi connectivity index (χ4v) is 3.92. The number of benzene rings is 1. The molecule has 1 aromatic heterocycles. The lowest BCUT2D eigenvalue weighted by Crippen LogP contribution is -2.34. The number of fused-ring (bicyclic) bond motifs is 2. The van der Waals surface area contributed by atoms with Crippen molar-refractivity contribution in [1.82, 2.24) is 10.3 Å². The Hall–Kier alpha value is -3.29. The van der Waals surface area contributed by atoms with Gasteiger partial charge in [0.05, 0.1) is 17.5 Å². The number of nitrogens with one attached hydrogen (secondary N) is 2. The van der Waals surface area contributed by atoms with Crippen LogP contribution in [0.5, 0.6) is 17.2 Å². The number of rotatable bonds is 4. The summed E-state index contributed by atoms with van der Waals surface area (Å²) < 4.78 is 5.94. The first kappa shape index (κ1) is 15.0. The van der Waals surface area contributed by atoms with E-state index in [1.54, 1.807) is 18.2 Å². The van der Waals surface area contributed by atoms with Crippen LogP contribution in [-0.2, 0) is 11.3 Å². The molecule has 3 atom stereocenters. The standard InChI is InChI=1S/C18H15N3O5/c22-12-2-1-8(5-9(12)14-11-6-18(11,14)16(23)24)26-13-3-4-19-15-10(13)7-20-17(25)21-15/h1-5,11,14,22H,6-7H2,(H,23,24)(H2,19,20,21,25). The lowest BCUT2D eigenvalue weighted by atomic mass is 9.96. The molecule has 8 heteroatoms. The number of carbonyl (C=O) groups is 2. The Bertz CT molecular complexity index is 975. The molecule has 5 rings (SSSR count). The third-order valence-corrected chi connectivity index (χ3v) is 5.54. The Labute approximate surface area is 147 Å². The minimum atomic E-state index is -0.803. The second kappa shape index (κ2) is 4.87. The van der Waals surface area contributed by atoms with Crippen LogP contribution >= 0.6 is 0 Å². The molecule has 1 aliphatic heterocycles. The van der Waals surface area contributed by atoms with E-state index in [0.717, 1.165) is 5.56 Å². The van der Waals surface area contributed by atoms with Gasteiger partial charge in [-0.1, -0.05) is 0 Å². The molecule has 4 N–H and O–H groups in total. The Morgan fingerprint density at radius 3 is 2.92 bits per heavy atom. The number of ether oxygens (including phenoxy) is 1. The number of urea groups is 1. The number of aliphatic carboxylic acids is 1. The Balaban J connectivity index is 1.45. The van der Waals surface area contributed by atoms with Crippen molar-refractivity contribution in [3.8, 4) is 17.2 Å². The zero-order valence-corrected chi connectivity index (χ0v) is 13.5. The van der Waals surface area contributed by atoms with E-state index in [2.05, 4.69) is 15.6 Å². The number of carbonyl (C=O) groups excluding carboxylic acids is 1. The first-order valence-electron chi connectivity index (χ1n) is 8.27. The first-order chi connectivity index (χ1) is 12.5. The van der Waals surface area contributed by atoms with Gasteiger partial charge >= 0.3 is 12.0 Å². The van der Waals surface area contributed by atoms with Crippen molar-refractivity contribution in [1.29, 1.82) is 0 Å². The quantitative estimate of drug-likeness (QED) is 0.670. The summed E-state index contributed by atoms with van der Waals surface area (Å²) in [6.07, 6.45) is 2.21. The topological polar surface area (TPSA) is 121 Å². The molecule has 2 amide bonds. The molecule has 0 saturated heterocycles. The average molecular weight is 353 g/mol. The number of aromatic nitrogens is 1. The van der Waals surface area contributed by atoms with Gasteiger partial charge in [0.15, 0.2) is 0 Å². The van der Waals surface area contributed by atoms with Crippen LogP contribution in [0.3, 0.4) is 0 Å². The Morgan fingerprint density at radius 1 is 1.35 bits per heavy atom. The summed E-state index contributed by atoms with van der Waals surface area (Å²) in [6, 6.07) is 6.21. The van der Waals surface area contributed by atoms with E-state index >= 15 is 0 Å². The molecule has 8 nitrogen and oxygen atoms in total. The highest BCUT2D eigenvalue weighted by Crippen LogP contribution is 2.85.